The van der Waals surface area contributed by atoms with Gasteiger partial charge in [0.05, 0.1) is 0 Å². The first-order chi connectivity index (χ1) is 5.46. The van der Waals surface area contributed by atoms with E-state index in [0.29, 0.717) is 0 Å². The average Bonchev–Trinajstić information content (AvgIpc) is 2.08. The van der Waals surface area contributed by atoms with Crippen LogP contribution < -0.4 is 0 Å². The molecule has 0 saturated heterocycles. The third kappa shape index (κ3) is 3.55. The number of hydrogen-bond donors (Lipinski definition) is 0. The lowest BCUT2D eigenvalue weighted by atomic mass is 10.2. The Morgan fingerprint density at radius 3 is 0.857 bits per heavy atom. The molecule has 0 N–H and O–H groups in total. The molecule has 0 aromatic heterocycles. The molecular weight excluding hydrogens is 576 g/mol. The fraction of sp³-hybridized carbons (Fsp3) is 0.250. The summed E-state index contributed by atoms with van der Waals surface area (Å²) < 4.78 is 4.43. The van der Waals surface area contributed by atoms with Crippen molar-refractivity contribution in [1.29, 1.82) is 0 Å². The SMILES string of the molecule is Br.Br.Cc1c(Br)c(Br)c(C)c(Br)c1Br. The van der Waals surface area contributed by atoms with Crippen LogP contribution in [0.25, 0.3) is 0 Å². The second-order valence-corrected chi connectivity index (χ2v) is 5.68. The van der Waals surface area contributed by atoms with Crippen LogP contribution in [0.2, 0.25) is 0 Å². The third-order valence-corrected chi connectivity index (χ3v) is 6.73. The molecular formula is C8H8Br6. The number of benzene rings is 1. The molecule has 0 saturated carbocycles. The molecule has 0 unspecified atom stereocenters. The fourth-order valence-corrected chi connectivity index (χ4v) is 3.37. The van der Waals surface area contributed by atoms with Gasteiger partial charge in [-0.25, -0.2) is 0 Å². The highest BCUT2D eigenvalue weighted by Crippen LogP contribution is 2.40. The topological polar surface area (TPSA) is 0 Å². The van der Waals surface area contributed by atoms with Crippen LogP contribution >= 0.6 is 97.7 Å². The molecule has 0 heterocycles. The predicted molar refractivity (Wildman–Crippen MR) is 87.4 cm³/mol. The summed E-state index contributed by atoms with van der Waals surface area (Å²) in [5.74, 6) is 0. The van der Waals surface area contributed by atoms with Crippen LogP contribution in [0.3, 0.4) is 0 Å². The van der Waals surface area contributed by atoms with Gasteiger partial charge in [0, 0.05) is 17.9 Å². The highest BCUT2D eigenvalue weighted by molar-refractivity contribution is 9.14. The first-order valence-electron chi connectivity index (χ1n) is 3.26. The van der Waals surface area contributed by atoms with Gasteiger partial charge in [-0.1, -0.05) is 0 Å². The Labute approximate surface area is 139 Å². The number of rotatable bonds is 0. The lowest BCUT2D eigenvalue weighted by Crippen LogP contribution is -1.87. The molecule has 0 aliphatic heterocycles. The van der Waals surface area contributed by atoms with Crippen molar-refractivity contribution in [3.63, 3.8) is 0 Å². The average molecular weight is 584 g/mol. The zero-order chi connectivity index (χ0) is 9.46. The quantitative estimate of drug-likeness (QED) is 0.306. The van der Waals surface area contributed by atoms with Crippen molar-refractivity contribution in [3.8, 4) is 0 Å². The minimum Gasteiger partial charge on any atom is -0.114 e. The summed E-state index contributed by atoms with van der Waals surface area (Å²) in [6, 6.07) is 0. The van der Waals surface area contributed by atoms with Gasteiger partial charge in [-0.3, -0.25) is 0 Å². The van der Waals surface area contributed by atoms with Crippen molar-refractivity contribution >= 4 is 97.7 Å². The van der Waals surface area contributed by atoms with E-state index in [9.17, 15) is 0 Å². The monoisotopic (exact) mass is 578 g/mol. The summed E-state index contributed by atoms with van der Waals surface area (Å²) >= 11 is 14.1. The second kappa shape index (κ2) is 7.43. The van der Waals surface area contributed by atoms with E-state index in [0.717, 1.165) is 17.9 Å². The molecule has 0 radical (unpaired) electrons. The Balaban J connectivity index is 0. The summed E-state index contributed by atoms with van der Waals surface area (Å²) in [5.41, 5.74) is 2.39. The van der Waals surface area contributed by atoms with Crippen LogP contribution in [-0.2, 0) is 0 Å². The first-order valence-corrected chi connectivity index (χ1v) is 6.43. The standard InChI is InChI=1S/C8H6Br4.2BrH/c1-3-5(9)7(11)4(2)8(12)6(3)10;;/h1-2H3;2*1H. The smallest absolute Gasteiger partial charge is 0.0361 e. The first kappa shape index (κ1) is 18.5. The van der Waals surface area contributed by atoms with Crippen molar-refractivity contribution in [1.82, 2.24) is 0 Å². The minimum atomic E-state index is 0. The minimum absolute atomic E-state index is 0. The van der Waals surface area contributed by atoms with Crippen LogP contribution in [0.5, 0.6) is 0 Å². The Hall–Kier alpha value is 2.10. The highest BCUT2D eigenvalue weighted by Gasteiger charge is 2.12. The van der Waals surface area contributed by atoms with Crippen LogP contribution in [-0.4, -0.2) is 0 Å². The van der Waals surface area contributed by atoms with Gasteiger partial charge in [0.15, 0.2) is 0 Å². The van der Waals surface area contributed by atoms with Crippen LogP contribution in [0.15, 0.2) is 17.9 Å². The molecule has 0 nitrogen and oxygen atoms in total. The van der Waals surface area contributed by atoms with E-state index in [1.807, 2.05) is 0 Å². The van der Waals surface area contributed by atoms with Crippen LogP contribution in [0.4, 0.5) is 0 Å². The van der Waals surface area contributed by atoms with Gasteiger partial charge in [0.2, 0.25) is 0 Å². The Kier molecular flexibility index (Phi) is 9.80. The van der Waals surface area contributed by atoms with Gasteiger partial charge in [0.1, 0.15) is 0 Å². The van der Waals surface area contributed by atoms with Crippen molar-refractivity contribution in [2.24, 2.45) is 0 Å². The Morgan fingerprint density at radius 1 is 0.571 bits per heavy atom. The van der Waals surface area contributed by atoms with Crippen molar-refractivity contribution in [3.05, 3.63) is 29.0 Å². The molecule has 82 valence electrons. The molecule has 0 bridgehead atoms. The molecule has 1 aromatic carbocycles. The maximum Gasteiger partial charge on any atom is 0.0361 e. The molecule has 0 amide bonds. The molecule has 0 aliphatic carbocycles. The molecule has 1 aromatic rings. The maximum absolute atomic E-state index is 3.52. The summed E-state index contributed by atoms with van der Waals surface area (Å²) in [6.45, 7) is 4.12. The molecule has 1 rings (SSSR count). The van der Waals surface area contributed by atoms with Gasteiger partial charge in [-0.2, -0.15) is 0 Å². The molecule has 0 fully saturated rings. The molecule has 0 aliphatic rings. The van der Waals surface area contributed by atoms with E-state index in [-0.39, 0.29) is 34.0 Å². The van der Waals surface area contributed by atoms with E-state index < -0.39 is 0 Å². The zero-order valence-electron chi connectivity index (χ0n) is 7.33. The van der Waals surface area contributed by atoms with Gasteiger partial charge < -0.3 is 0 Å². The van der Waals surface area contributed by atoms with E-state index in [2.05, 4.69) is 77.6 Å². The predicted octanol–water partition coefficient (Wildman–Crippen LogP) is 6.51. The summed E-state index contributed by atoms with van der Waals surface area (Å²) in [4.78, 5) is 0. The normalized spacial score (nSPS) is 9.00. The van der Waals surface area contributed by atoms with E-state index in [1.165, 1.54) is 11.1 Å². The van der Waals surface area contributed by atoms with Gasteiger partial charge >= 0.3 is 0 Å². The van der Waals surface area contributed by atoms with E-state index in [1.54, 1.807) is 0 Å². The van der Waals surface area contributed by atoms with Gasteiger partial charge in [-0.15, -0.1) is 34.0 Å². The molecule has 0 atom stereocenters. The molecule has 14 heavy (non-hydrogen) atoms. The van der Waals surface area contributed by atoms with Gasteiger partial charge in [-0.05, 0) is 88.7 Å². The zero-order valence-corrected chi connectivity index (χ0v) is 17.1. The Bertz CT molecular complexity index is 228. The molecule has 0 spiro atoms. The van der Waals surface area contributed by atoms with Crippen molar-refractivity contribution in [2.45, 2.75) is 13.8 Å². The summed E-state index contributed by atoms with van der Waals surface area (Å²) in [7, 11) is 0. The lowest BCUT2D eigenvalue weighted by molar-refractivity contribution is 1.28. The van der Waals surface area contributed by atoms with Crippen LogP contribution in [0, 0.1) is 13.8 Å². The van der Waals surface area contributed by atoms with Crippen molar-refractivity contribution in [2.75, 3.05) is 0 Å². The Morgan fingerprint density at radius 2 is 0.714 bits per heavy atom. The highest BCUT2D eigenvalue weighted by atomic mass is 79.9. The summed E-state index contributed by atoms with van der Waals surface area (Å²) in [6.07, 6.45) is 0. The number of hydrogen-bond acceptors (Lipinski definition) is 0. The summed E-state index contributed by atoms with van der Waals surface area (Å²) in [5, 5.41) is 0. The largest absolute Gasteiger partial charge is 0.114 e. The maximum atomic E-state index is 3.52. The second-order valence-electron chi connectivity index (χ2n) is 2.51. The van der Waals surface area contributed by atoms with Gasteiger partial charge in [0.25, 0.3) is 0 Å². The third-order valence-electron chi connectivity index (χ3n) is 1.70. The number of halogens is 6. The van der Waals surface area contributed by atoms with Crippen molar-refractivity contribution < 1.29 is 0 Å². The lowest BCUT2D eigenvalue weighted by Gasteiger charge is -2.10. The van der Waals surface area contributed by atoms with E-state index >= 15 is 0 Å². The fourth-order valence-electron chi connectivity index (χ4n) is 0.851. The van der Waals surface area contributed by atoms with Crippen LogP contribution in [0.1, 0.15) is 11.1 Å². The molecule has 6 heteroatoms. The van der Waals surface area contributed by atoms with E-state index in [4.69, 9.17) is 0 Å².